The van der Waals surface area contributed by atoms with E-state index in [2.05, 4.69) is 9.88 Å². The fourth-order valence-corrected chi connectivity index (χ4v) is 3.58. The van der Waals surface area contributed by atoms with Crippen molar-refractivity contribution in [1.82, 2.24) is 9.88 Å². The molecule has 2 aliphatic heterocycles. The number of aryl methyl sites for hydroxylation is 1. The third kappa shape index (κ3) is 3.22. The van der Waals surface area contributed by atoms with Crippen LogP contribution < -0.4 is 0 Å². The summed E-state index contributed by atoms with van der Waals surface area (Å²) in [5.74, 6) is -0.600. The van der Waals surface area contributed by atoms with Gasteiger partial charge in [0.15, 0.2) is 0 Å². The van der Waals surface area contributed by atoms with Crippen LogP contribution in [0.15, 0.2) is 5.38 Å². The maximum atomic E-state index is 11.5. The van der Waals surface area contributed by atoms with Crippen molar-refractivity contribution >= 4 is 23.8 Å². The van der Waals surface area contributed by atoms with E-state index in [1.165, 1.54) is 0 Å². The summed E-state index contributed by atoms with van der Waals surface area (Å²) in [5, 5.41) is 19.4. The number of thiazole rings is 1. The molecule has 0 amide bonds. The van der Waals surface area contributed by atoms with Crippen molar-refractivity contribution in [3.05, 3.63) is 16.1 Å². The van der Waals surface area contributed by atoms with Gasteiger partial charge in [-0.05, 0) is 6.92 Å². The molecule has 2 saturated heterocycles. The second-order valence-electron chi connectivity index (χ2n) is 5.31. The summed E-state index contributed by atoms with van der Waals surface area (Å²) in [7, 11) is 0. The number of carboxylic acids is 1. The third-order valence-electron chi connectivity index (χ3n) is 3.92. The molecule has 8 heteroatoms. The Bertz CT molecular complexity index is 520. The first-order valence-corrected chi connectivity index (χ1v) is 7.42. The molecule has 0 aromatic carbocycles. The van der Waals surface area contributed by atoms with Gasteiger partial charge in [-0.3, -0.25) is 14.5 Å². The number of hydrogen-bond acceptors (Lipinski definition) is 6. The van der Waals surface area contributed by atoms with E-state index in [4.69, 9.17) is 14.6 Å². The zero-order valence-corrected chi connectivity index (χ0v) is 12.5. The van der Waals surface area contributed by atoms with Gasteiger partial charge in [-0.2, -0.15) is 0 Å². The van der Waals surface area contributed by atoms with E-state index < -0.39 is 11.4 Å². The highest BCUT2D eigenvalue weighted by atomic mass is 32.1. The lowest BCUT2D eigenvalue weighted by Gasteiger charge is -2.21. The maximum Gasteiger partial charge on any atom is 0.313 e. The molecule has 1 aromatic heterocycles. The number of carbonyl (C=O) groups is 2. The van der Waals surface area contributed by atoms with Crippen LogP contribution in [0.1, 0.15) is 10.7 Å². The third-order valence-corrected chi connectivity index (χ3v) is 4.74. The van der Waals surface area contributed by atoms with Crippen LogP contribution in [0, 0.1) is 18.3 Å². The topological polar surface area (TPSA) is 100.0 Å². The minimum atomic E-state index is -0.720. The van der Waals surface area contributed by atoms with Crippen molar-refractivity contribution in [1.29, 1.82) is 0 Å². The van der Waals surface area contributed by atoms with Gasteiger partial charge in [0, 0.05) is 30.9 Å². The Kier molecular flexibility index (Phi) is 4.92. The largest absolute Gasteiger partial charge is 0.483 e. The normalized spacial score (nSPS) is 27.8. The lowest BCUT2D eigenvalue weighted by atomic mass is 9.81. The molecule has 2 N–H and O–H groups in total. The number of ether oxygens (including phenoxy) is 1. The van der Waals surface area contributed by atoms with E-state index in [9.17, 15) is 9.90 Å². The standard InChI is InChI=1S/C12H16N2O3S.CH2O2/c1-8-13-10(5-18-8)3-14-2-9-4-17-7-12(9,6-14)11(15)16;2-1-3/h5,9H,2-4,6-7H2,1H3,(H,15,16);1H,(H,2,3)/t9-,12-;/m1./s1. The highest BCUT2D eigenvalue weighted by Crippen LogP contribution is 2.41. The Hall–Kier alpha value is -1.51. The van der Waals surface area contributed by atoms with Crippen molar-refractivity contribution in [2.75, 3.05) is 26.3 Å². The smallest absolute Gasteiger partial charge is 0.313 e. The van der Waals surface area contributed by atoms with E-state index in [0.717, 1.165) is 23.8 Å². The van der Waals surface area contributed by atoms with Gasteiger partial charge in [0.25, 0.3) is 6.47 Å². The van der Waals surface area contributed by atoms with Crippen molar-refractivity contribution in [3.63, 3.8) is 0 Å². The molecule has 0 radical (unpaired) electrons. The van der Waals surface area contributed by atoms with E-state index in [0.29, 0.717) is 19.8 Å². The first-order valence-electron chi connectivity index (χ1n) is 6.54. The minimum Gasteiger partial charge on any atom is -0.483 e. The van der Waals surface area contributed by atoms with E-state index in [1.54, 1.807) is 11.3 Å². The second kappa shape index (κ2) is 6.50. The van der Waals surface area contributed by atoms with Gasteiger partial charge < -0.3 is 14.9 Å². The average molecular weight is 314 g/mol. The molecular formula is C13H18N2O5S. The molecule has 2 atom stereocenters. The number of likely N-dealkylation sites (tertiary alicyclic amines) is 1. The first kappa shape index (κ1) is 15.9. The van der Waals surface area contributed by atoms with Crippen LogP contribution in [0.4, 0.5) is 0 Å². The van der Waals surface area contributed by atoms with Gasteiger partial charge in [0.05, 0.1) is 23.9 Å². The molecule has 3 rings (SSSR count). The fraction of sp³-hybridized carbons (Fsp3) is 0.615. The summed E-state index contributed by atoms with van der Waals surface area (Å²) in [6, 6.07) is 0. The summed E-state index contributed by atoms with van der Waals surface area (Å²) in [5.41, 5.74) is 0.351. The minimum absolute atomic E-state index is 0.120. The zero-order chi connectivity index (χ0) is 15.5. The molecule has 7 nitrogen and oxygen atoms in total. The number of carboxylic acid groups (broad SMARTS) is 2. The van der Waals surface area contributed by atoms with Gasteiger partial charge in [0.2, 0.25) is 0 Å². The molecule has 0 aliphatic carbocycles. The average Bonchev–Trinajstić information content (AvgIpc) is 3.05. The van der Waals surface area contributed by atoms with Crippen molar-refractivity contribution in [3.8, 4) is 0 Å². The van der Waals surface area contributed by atoms with Crippen LogP contribution in [0.25, 0.3) is 0 Å². The maximum absolute atomic E-state index is 11.5. The Morgan fingerprint density at radius 2 is 2.43 bits per heavy atom. The summed E-state index contributed by atoms with van der Waals surface area (Å²) < 4.78 is 5.36. The highest BCUT2D eigenvalue weighted by molar-refractivity contribution is 7.09. The molecular weight excluding hydrogens is 296 g/mol. The van der Waals surface area contributed by atoms with E-state index >= 15 is 0 Å². The molecule has 0 unspecified atom stereocenters. The van der Waals surface area contributed by atoms with Gasteiger partial charge >= 0.3 is 5.97 Å². The zero-order valence-electron chi connectivity index (χ0n) is 11.7. The van der Waals surface area contributed by atoms with Crippen LogP contribution in [0.3, 0.4) is 0 Å². The predicted molar refractivity (Wildman–Crippen MR) is 75.2 cm³/mol. The first-order chi connectivity index (χ1) is 10.0. The van der Waals surface area contributed by atoms with Crippen molar-refractivity contribution < 1.29 is 24.5 Å². The number of hydrogen-bond donors (Lipinski definition) is 2. The highest BCUT2D eigenvalue weighted by Gasteiger charge is 2.56. The van der Waals surface area contributed by atoms with Gasteiger partial charge in [0.1, 0.15) is 5.41 Å². The van der Waals surface area contributed by atoms with Gasteiger partial charge in [-0.25, -0.2) is 4.98 Å². The lowest BCUT2D eigenvalue weighted by Crippen LogP contribution is -2.38. The number of rotatable bonds is 3. The molecule has 3 heterocycles. The fourth-order valence-electron chi connectivity index (χ4n) is 2.97. The number of aromatic nitrogens is 1. The molecule has 1 aromatic rings. The Balaban J connectivity index is 0.000000497. The summed E-state index contributed by atoms with van der Waals surface area (Å²) in [6.07, 6.45) is 0. The number of aliphatic carboxylic acids is 1. The van der Waals surface area contributed by atoms with E-state index in [1.807, 2.05) is 12.3 Å². The van der Waals surface area contributed by atoms with E-state index in [-0.39, 0.29) is 12.4 Å². The van der Waals surface area contributed by atoms with Crippen LogP contribution in [0.2, 0.25) is 0 Å². The summed E-state index contributed by atoms with van der Waals surface area (Å²) in [4.78, 5) is 26.5. The van der Waals surface area contributed by atoms with Crippen LogP contribution in [-0.2, 0) is 20.9 Å². The molecule has 21 heavy (non-hydrogen) atoms. The summed E-state index contributed by atoms with van der Waals surface area (Å²) in [6.45, 7) is 4.76. The SMILES string of the molecule is Cc1nc(CN2C[C@@H]3COC[C@]3(C(=O)O)C2)cs1.O=CO. The van der Waals surface area contributed by atoms with Gasteiger partial charge in [-0.15, -0.1) is 11.3 Å². The number of nitrogens with zero attached hydrogens (tertiary/aromatic N) is 2. The van der Waals surface area contributed by atoms with Gasteiger partial charge in [-0.1, -0.05) is 0 Å². The molecule has 0 bridgehead atoms. The lowest BCUT2D eigenvalue weighted by molar-refractivity contribution is -0.149. The van der Waals surface area contributed by atoms with Crippen LogP contribution in [0.5, 0.6) is 0 Å². The molecule has 0 spiro atoms. The summed E-state index contributed by atoms with van der Waals surface area (Å²) >= 11 is 1.64. The molecule has 116 valence electrons. The van der Waals surface area contributed by atoms with Crippen LogP contribution in [-0.4, -0.2) is 58.8 Å². The Labute approximate surface area is 126 Å². The predicted octanol–water partition coefficient (Wildman–Crippen LogP) is 0.685. The quantitative estimate of drug-likeness (QED) is 0.792. The van der Waals surface area contributed by atoms with Crippen molar-refractivity contribution in [2.24, 2.45) is 11.3 Å². The number of fused-ring (bicyclic) bond motifs is 1. The van der Waals surface area contributed by atoms with Crippen LogP contribution >= 0.6 is 11.3 Å². The molecule has 2 aliphatic rings. The molecule has 2 fully saturated rings. The monoisotopic (exact) mass is 314 g/mol. The Morgan fingerprint density at radius 3 is 2.95 bits per heavy atom. The molecule has 0 saturated carbocycles. The van der Waals surface area contributed by atoms with Crippen molar-refractivity contribution in [2.45, 2.75) is 13.5 Å². The second-order valence-corrected chi connectivity index (χ2v) is 6.37. The Morgan fingerprint density at radius 1 is 1.71 bits per heavy atom.